The van der Waals surface area contributed by atoms with Crippen molar-refractivity contribution in [2.75, 3.05) is 56.0 Å². The summed E-state index contributed by atoms with van der Waals surface area (Å²) in [6.45, 7) is 7.37. The second-order valence-electron chi connectivity index (χ2n) is 12.3. The average Bonchev–Trinajstić information content (AvgIpc) is 3.01. The highest BCUT2D eigenvalue weighted by molar-refractivity contribution is 5.89. The van der Waals surface area contributed by atoms with E-state index in [0.717, 1.165) is 51.7 Å². The molecule has 0 spiro atoms. The Bertz CT molecular complexity index is 1480. The van der Waals surface area contributed by atoms with Crippen molar-refractivity contribution in [3.8, 4) is 0 Å². The number of nitrogens with one attached hydrogen (secondary N) is 2. The summed E-state index contributed by atoms with van der Waals surface area (Å²) in [5.41, 5.74) is 0.656. The summed E-state index contributed by atoms with van der Waals surface area (Å²) in [5, 5.41) is 7.27. The number of benzene rings is 1. The van der Waals surface area contributed by atoms with Crippen molar-refractivity contribution >= 4 is 22.5 Å². The molecule has 8 bridgehead atoms. The molecule has 0 amide bonds. The number of rotatable bonds is 1. The van der Waals surface area contributed by atoms with Crippen LogP contribution in [0.15, 0.2) is 35.4 Å². The zero-order valence-corrected chi connectivity index (χ0v) is 24.9. The number of fused-ring (bicyclic) bond motifs is 9. The van der Waals surface area contributed by atoms with Crippen LogP contribution in [0, 0.1) is 11.7 Å². The van der Waals surface area contributed by atoms with Crippen LogP contribution in [0.1, 0.15) is 69.0 Å². The minimum atomic E-state index is -3.26. The van der Waals surface area contributed by atoms with E-state index in [1.807, 2.05) is 6.07 Å². The number of alkyl halides is 2. The Kier molecular flexibility index (Phi) is 8.90. The van der Waals surface area contributed by atoms with Gasteiger partial charge in [0.2, 0.25) is 0 Å². The molecule has 1 atom stereocenters. The lowest BCUT2D eigenvalue weighted by molar-refractivity contribution is -0.0880. The van der Waals surface area contributed by atoms with E-state index < -0.39 is 29.3 Å². The lowest BCUT2D eigenvalue weighted by atomic mass is 9.85. The van der Waals surface area contributed by atoms with E-state index in [1.165, 1.54) is 18.5 Å². The maximum Gasteiger partial charge on any atom is 0.278 e. The highest BCUT2D eigenvalue weighted by Crippen LogP contribution is 2.43. The topological polar surface area (TPSA) is 78.3 Å². The van der Waals surface area contributed by atoms with Gasteiger partial charge in [-0.2, -0.15) is 0 Å². The van der Waals surface area contributed by atoms with Crippen LogP contribution in [0.4, 0.5) is 24.7 Å². The molecule has 3 aromatic rings. The van der Waals surface area contributed by atoms with E-state index in [9.17, 15) is 4.79 Å². The molecule has 11 heteroatoms. The van der Waals surface area contributed by atoms with Crippen LogP contribution in [0.25, 0.3) is 11.0 Å². The number of piperidine rings is 1. The zero-order valence-electron chi connectivity index (χ0n) is 24.9. The summed E-state index contributed by atoms with van der Waals surface area (Å²) in [5.74, 6) is -4.59. The molecule has 0 saturated carbocycles. The number of anilines is 2. The molecule has 0 aliphatic carbocycles. The molecule has 2 fully saturated rings. The van der Waals surface area contributed by atoms with Crippen molar-refractivity contribution in [1.82, 2.24) is 24.8 Å². The van der Waals surface area contributed by atoms with Crippen LogP contribution < -0.4 is 21.1 Å². The maximum absolute atomic E-state index is 15.9. The SMILES string of the molecule is C[C@H]1Nc2ncnc3c2cc(N2CCNCC2)c(=O)n3CCCCCCCN2CCC(CC2)C(F)(F)c2cccc1c2F. The smallest absolute Gasteiger partial charge is 0.278 e. The Labute approximate surface area is 250 Å². The molecule has 1 aromatic carbocycles. The molecule has 2 N–H and O–H groups in total. The van der Waals surface area contributed by atoms with Gasteiger partial charge < -0.3 is 20.4 Å². The number of hydrogen-bond acceptors (Lipinski definition) is 7. The van der Waals surface area contributed by atoms with E-state index >= 15 is 13.2 Å². The first-order valence-electron chi connectivity index (χ1n) is 15.8. The highest BCUT2D eigenvalue weighted by atomic mass is 19.3. The normalized spacial score (nSPS) is 25.3. The van der Waals surface area contributed by atoms with Crippen LogP contribution in [-0.4, -0.2) is 65.2 Å². The monoisotopic (exact) mass is 597 g/mol. The first kappa shape index (κ1) is 29.9. The van der Waals surface area contributed by atoms with Crippen molar-refractivity contribution in [2.24, 2.45) is 5.92 Å². The van der Waals surface area contributed by atoms with Crippen LogP contribution in [-0.2, 0) is 12.5 Å². The Morgan fingerprint density at radius 2 is 1.65 bits per heavy atom. The fraction of sp³-hybridized carbons (Fsp3) is 0.594. The minimum Gasteiger partial charge on any atom is -0.365 e. The molecule has 0 unspecified atom stereocenters. The third kappa shape index (κ3) is 6.11. The average molecular weight is 598 g/mol. The van der Waals surface area contributed by atoms with E-state index in [1.54, 1.807) is 17.6 Å². The summed E-state index contributed by atoms with van der Waals surface area (Å²) in [6, 6.07) is 5.47. The number of halogens is 3. The third-order valence-corrected chi connectivity index (χ3v) is 9.49. The molecule has 43 heavy (non-hydrogen) atoms. The Balaban J connectivity index is 1.41. The van der Waals surface area contributed by atoms with Gasteiger partial charge in [0.15, 0.2) is 0 Å². The third-order valence-electron chi connectivity index (χ3n) is 9.49. The van der Waals surface area contributed by atoms with Crippen molar-refractivity contribution < 1.29 is 13.2 Å². The molecule has 2 saturated heterocycles. The second kappa shape index (κ2) is 12.8. The van der Waals surface area contributed by atoms with Crippen molar-refractivity contribution in [1.29, 1.82) is 0 Å². The predicted octanol–water partition coefficient (Wildman–Crippen LogP) is 5.28. The number of hydrogen-bond donors (Lipinski definition) is 2. The Morgan fingerprint density at radius 3 is 2.42 bits per heavy atom. The quantitative estimate of drug-likeness (QED) is 0.395. The van der Waals surface area contributed by atoms with Gasteiger partial charge in [-0.05, 0) is 58.3 Å². The molecule has 0 radical (unpaired) electrons. The summed E-state index contributed by atoms with van der Waals surface area (Å²) in [6.07, 6.45) is 7.06. The van der Waals surface area contributed by atoms with E-state index in [-0.39, 0.29) is 11.1 Å². The first-order valence-corrected chi connectivity index (χ1v) is 15.8. The predicted molar refractivity (Wildman–Crippen MR) is 163 cm³/mol. The molecule has 6 heterocycles. The first-order chi connectivity index (χ1) is 20.8. The van der Waals surface area contributed by atoms with Crippen LogP contribution in [0.5, 0.6) is 0 Å². The Morgan fingerprint density at radius 1 is 0.930 bits per heavy atom. The molecule has 4 aliphatic heterocycles. The maximum atomic E-state index is 15.9. The van der Waals surface area contributed by atoms with Crippen molar-refractivity contribution in [3.05, 3.63) is 57.9 Å². The van der Waals surface area contributed by atoms with Crippen LogP contribution >= 0.6 is 0 Å². The van der Waals surface area contributed by atoms with E-state index in [2.05, 4.69) is 30.4 Å². The fourth-order valence-corrected chi connectivity index (χ4v) is 6.92. The van der Waals surface area contributed by atoms with Crippen molar-refractivity contribution in [2.45, 2.75) is 70.4 Å². The van der Waals surface area contributed by atoms with Gasteiger partial charge in [-0.1, -0.05) is 37.5 Å². The molecule has 4 aliphatic rings. The molecular formula is C32H42F3N7O. The van der Waals surface area contributed by atoms with Gasteiger partial charge in [-0.25, -0.2) is 23.1 Å². The van der Waals surface area contributed by atoms with Crippen molar-refractivity contribution in [3.63, 3.8) is 0 Å². The fourth-order valence-electron chi connectivity index (χ4n) is 6.92. The minimum absolute atomic E-state index is 0.0740. The lowest BCUT2D eigenvalue weighted by Crippen LogP contribution is -2.46. The van der Waals surface area contributed by atoms with Crippen LogP contribution in [0.3, 0.4) is 0 Å². The summed E-state index contributed by atoms with van der Waals surface area (Å²) < 4.78 is 49.4. The number of nitrogens with zero attached hydrogens (tertiary/aromatic N) is 5. The number of aromatic nitrogens is 3. The highest BCUT2D eigenvalue weighted by Gasteiger charge is 2.45. The number of piperazine rings is 1. The van der Waals surface area contributed by atoms with Gasteiger partial charge in [-0.15, -0.1) is 0 Å². The molecule has 2 aromatic heterocycles. The van der Waals surface area contributed by atoms with Gasteiger partial charge in [0.25, 0.3) is 11.5 Å². The zero-order chi connectivity index (χ0) is 30.0. The molecular weight excluding hydrogens is 555 g/mol. The largest absolute Gasteiger partial charge is 0.365 e. The molecule has 8 nitrogen and oxygen atoms in total. The number of aryl methyl sites for hydroxylation is 1. The van der Waals surface area contributed by atoms with E-state index in [0.29, 0.717) is 68.1 Å². The van der Waals surface area contributed by atoms with Gasteiger partial charge in [0, 0.05) is 44.2 Å². The van der Waals surface area contributed by atoms with Crippen LogP contribution in [0.2, 0.25) is 0 Å². The lowest BCUT2D eigenvalue weighted by Gasteiger charge is -2.36. The summed E-state index contributed by atoms with van der Waals surface area (Å²) in [4.78, 5) is 27.2. The van der Waals surface area contributed by atoms with Gasteiger partial charge in [0.1, 0.15) is 29.3 Å². The Hall–Kier alpha value is -3.18. The standard InChI is InChI=1S/C32H42F3N7O/c1-22-24-8-7-9-26(28(24)33)32(34,35)23-10-16-40(17-11-23)14-5-3-2-4-6-15-42-30-25(29(39-22)37-21-38-30)20-27(31(42)43)41-18-12-36-13-19-41/h7-9,20-23,36H,2-6,10-19H2,1H3,(H,37,38,39)/t22-/m1/s1. The second-order valence-corrected chi connectivity index (χ2v) is 12.3. The number of pyridine rings is 1. The van der Waals surface area contributed by atoms with Gasteiger partial charge in [0.05, 0.1) is 17.0 Å². The van der Waals surface area contributed by atoms with Gasteiger partial charge in [-0.3, -0.25) is 9.36 Å². The van der Waals surface area contributed by atoms with E-state index in [4.69, 9.17) is 0 Å². The summed E-state index contributed by atoms with van der Waals surface area (Å²) in [7, 11) is 0. The molecule has 7 rings (SSSR count). The molecule has 232 valence electrons. The van der Waals surface area contributed by atoms with Gasteiger partial charge >= 0.3 is 0 Å². The summed E-state index contributed by atoms with van der Waals surface area (Å²) >= 11 is 0.